The summed E-state index contributed by atoms with van der Waals surface area (Å²) >= 11 is 0. The van der Waals surface area contributed by atoms with Gasteiger partial charge in [-0.25, -0.2) is 14.8 Å². The first-order valence-electron chi connectivity index (χ1n) is 10.8. The van der Waals surface area contributed by atoms with Gasteiger partial charge in [0, 0.05) is 0 Å². The first-order chi connectivity index (χ1) is 16.1. The zero-order valence-corrected chi connectivity index (χ0v) is 18.0. The zero-order valence-electron chi connectivity index (χ0n) is 18.0. The highest BCUT2D eigenvalue weighted by atomic mass is 16.7. The van der Waals surface area contributed by atoms with Crippen LogP contribution < -0.4 is 9.96 Å². The number of hydrogen-bond donors (Lipinski definition) is 0. The zero-order chi connectivity index (χ0) is 22.9. The molecule has 0 bridgehead atoms. The molecule has 2 heterocycles. The molecule has 3 aromatic rings. The fourth-order valence-corrected chi connectivity index (χ4v) is 4.42. The number of amides is 2. The van der Waals surface area contributed by atoms with Crippen molar-refractivity contribution in [1.82, 2.24) is 0 Å². The summed E-state index contributed by atoms with van der Waals surface area (Å²) in [5, 5.41) is 1.67. The van der Waals surface area contributed by atoms with Crippen LogP contribution in [0.25, 0.3) is 0 Å². The predicted octanol–water partition coefficient (Wildman–Crippen LogP) is 3.91. The Morgan fingerprint density at radius 2 is 1.48 bits per heavy atom. The molecule has 0 aromatic heterocycles. The third-order valence-electron chi connectivity index (χ3n) is 5.90. The van der Waals surface area contributed by atoms with Gasteiger partial charge in [-0.1, -0.05) is 48.5 Å². The minimum atomic E-state index is -0.937. The summed E-state index contributed by atoms with van der Waals surface area (Å²) in [6, 6.07) is 24.8. The summed E-state index contributed by atoms with van der Waals surface area (Å²) in [5.41, 5.74) is 2.41. The number of anilines is 2. The normalized spacial score (nSPS) is 21.9. The van der Waals surface area contributed by atoms with E-state index in [-0.39, 0.29) is 12.5 Å². The first-order valence-corrected chi connectivity index (χ1v) is 10.8. The number of para-hydroxylation sites is 1. The van der Waals surface area contributed by atoms with Gasteiger partial charge in [-0.2, -0.15) is 0 Å². The van der Waals surface area contributed by atoms with E-state index in [0.717, 1.165) is 16.2 Å². The molecule has 2 amide bonds. The molecule has 0 spiro atoms. The van der Waals surface area contributed by atoms with Crippen molar-refractivity contribution in [2.45, 2.75) is 19.1 Å². The van der Waals surface area contributed by atoms with Crippen LogP contribution >= 0.6 is 0 Å². The number of hydroxylamine groups is 1. The molecule has 0 aliphatic carbocycles. The van der Waals surface area contributed by atoms with Crippen molar-refractivity contribution < 1.29 is 24.0 Å². The van der Waals surface area contributed by atoms with E-state index in [9.17, 15) is 14.4 Å². The Labute approximate surface area is 191 Å². The van der Waals surface area contributed by atoms with E-state index in [1.165, 1.54) is 0 Å². The van der Waals surface area contributed by atoms with Crippen LogP contribution in [0.2, 0.25) is 0 Å². The standard InChI is InChI=1S/C26H22N2O5/c1-2-32-26(31)18-13-15-19(16-14-18)27-24(29)21-22(17-9-5-3-6-10-17)28(33-23(21)25(27)30)20-11-7-4-8-12-20/h3-16,21-23H,2H2,1H3/t21-,22-,23+/m1/s1. The highest BCUT2D eigenvalue weighted by Crippen LogP contribution is 2.47. The number of rotatable bonds is 5. The summed E-state index contributed by atoms with van der Waals surface area (Å²) in [6.07, 6.45) is -0.937. The minimum Gasteiger partial charge on any atom is -0.462 e. The summed E-state index contributed by atoms with van der Waals surface area (Å²) < 4.78 is 5.00. The smallest absolute Gasteiger partial charge is 0.338 e. The Morgan fingerprint density at radius 1 is 0.848 bits per heavy atom. The number of carbonyl (C=O) groups excluding carboxylic acids is 3. The summed E-state index contributed by atoms with van der Waals surface area (Å²) in [6.45, 7) is 2.00. The number of nitrogens with zero attached hydrogens (tertiary/aromatic N) is 2. The minimum absolute atomic E-state index is 0.267. The van der Waals surface area contributed by atoms with Crippen LogP contribution in [0.1, 0.15) is 28.9 Å². The molecule has 3 aromatic carbocycles. The van der Waals surface area contributed by atoms with Gasteiger partial charge >= 0.3 is 5.97 Å². The summed E-state index contributed by atoms with van der Waals surface area (Å²) in [5.74, 6) is -1.91. The SMILES string of the molecule is CCOC(=O)c1ccc(N2C(=O)[C@H]3[C@H](ON(c4ccccc4)[C@@H]3c3ccccc3)C2=O)cc1. The van der Waals surface area contributed by atoms with Crippen molar-refractivity contribution in [3.63, 3.8) is 0 Å². The molecule has 0 radical (unpaired) electrons. The van der Waals surface area contributed by atoms with Gasteiger partial charge < -0.3 is 4.74 Å². The Morgan fingerprint density at radius 3 is 2.12 bits per heavy atom. The first kappa shape index (κ1) is 20.9. The number of imide groups is 1. The van der Waals surface area contributed by atoms with Crippen molar-refractivity contribution in [2.24, 2.45) is 5.92 Å². The van der Waals surface area contributed by atoms with Crippen molar-refractivity contribution in [2.75, 3.05) is 16.6 Å². The van der Waals surface area contributed by atoms with E-state index in [2.05, 4.69) is 0 Å². The van der Waals surface area contributed by atoms with E-state index >= 15 is 0 Å². The molecule has 2 aliphatic rings. The van der Waals surface area contributed by atoms with Gasteiger partial charge in [0.25, 0.3) is 5.91 Å². The lowest BCUT2D eigenvalue weighted by Gasteiger charge is -2.28. The van der Waals surface area contributed by atoms with Crippen molar-refractivity contribution in [3.8, 4) is 0 Å². The van der Waals surface area contributed by atoms with E-state index < -0.39 is 29.9 Å². The Kier molecular flexibility index (Phi) is 5.40. The lowest BCUT2D eigenvalue weighted by molar-refractivity contribution is -0.126. The number of benzene rings is 3. The van der Waals surface area contributed by atoms with Crippen molar-refractivity contribution in [1.29, 1.82) is 0 Å². The maximum absolute atomic E-state index is 13.6. The molecular weight excluding hydrogens is 420 g/mol. The number of ether oxygens (including phenoxy) is 1. The predicted molar refractivity (Wildman–Crippen MR) is 121 cm³/mol. The van der Waals surface area contributed by atoms with Crippen molar-refractivity contribution >= 4 is 29.2 Å². The van der Waals surface area contributed by atoms with E-state index in [1.54, 1.807) is 36.3 Å². The Bertz CT molecular complexity index is 1180. The average Bonchev–Trinajstić information content (AvgIpc) is 3.36. The van der Waals surface area contributed by atoms with Crippen LogP contribution in [-0.4, -0.2) is 30.5 Å². The molecule has 2 fully saturated rings. The molecule has 0 unspecified atom stereocenters. The average molecular weight is 442 g/mol. The van der Waals surface area contributed by atoms with Crippen LogP contribution in [0.4, 0.5) is 11.4 Å². The fourth-order valence-electron chi connectivity index (χ4n) is 4.42. The topological polar surface area (TPSA) is 76.2 Å². The van der Waals surface area contributed by atoms with Crippen molar-refractivity contribution in [3.05, 3.63) is 96.1 Å². The molecule has 166 valence electrons. The lowest BCUT2D eigenvalue weighted by atomic mass is 9.90. The van der Waals surface area contributed by atoms with Crippen LogP contribution in [0.3, 0.4) is 0 Å². The second-order valence-electron chi connectivity index (χ2n) is 7.85. The number of hydrogen-bond acceptors (Lipinski definition) is 6. The largest absolute Gasteiger partial charge is 0.462 e. The molecular formula is C26H22N2O5. The third kappa shape index (κ3) is 3.56. The van der Waals surface area contributed by atoms with Crippen LogP contribution in [0, 0.1) is 5.92 Å². The highest BCUT2D eigenvalue weighted by molar-refractivity contribution is 6.24. The molecule has 7 nitrogen and oxygen atoms in total. The monoisotopic (exact) mass is 442 g/mol. The van der Waals surface area contributed by atoms with Gasteiger partial charge in [0.1, 0.15) is 5.92 Å². The number of esters is 1. The molecule has 33 heavy (non-hydrogen) atoms. The molecule has 0 saturated carbocycles. The lowest BCUT2D eigenvalue weighted by Crippen LogP contribution is -2.37. The number of carbonyl (C=O) groups is 3. The maximum atomic E-state index is 13.6. The molecule has 0 N–H and O–H groups in total. The summed E-state index contributed by atoms with van der Waals surface area (Å²) in [4.78, 5) is 46.1. The molecule has 7 heteroatoms. The van der Waals surface area contributed by atoms with Gasteiger partial charge in [-0.05, 0) is 48.9 Å². The fraction of sp³-hybridized carbons (Fsp3) is 0.192. The second-order valence-corrected chi connectivity index (χ2v) is 7.85. The molecule has 2 saturated heterocycles. The van der Waals surface area contributed by atoms with E-state index in [1.807, 2.05) is 60.7 Å². The maximum Gasteiger partial charge on any atom is 0.338 e. The molecule has 5 rings (SSSR count). The highest BCUT2D eigenvalue weighted by Gasteiger charge is 2.60. The Balaban J connectivity index is 1.49. The van der Waals surface area contributed by atoms with Crippen LogP contribution in [0.5, 0.6) is 0 Å². The van der Waals surface area contributed by atoms with E-state index in [4.69, 9.17) is 9.57 Å². The van der Waals surface area contributed by atoms with Gasteiger partial charge in [0.05, 0.1) is 29.6 Å². The molecule has 3 atom stereocenters. The third-order valence-corrected chi connectivity index (χ3v) is 5.90. The Hall–Kier alpha value is -3.97. The van der Waals surface area contributed by atoms with Crippen LogP contribution in [0.15, 0.2) is 84.9 Å². The second kappa shape index (κ2) is 8.52. The van der Waals surface area contributed by atoms with Gasteiger partial charge in [0.15, 0.2) is 6.10 Å². The molecule has 2 aliphatic heterocycles. The number of fused-ring (bicyclic) bond motifs is 1. The van der Waals surface area contributed by atoms with E-state index in [0.29, 0.717) is 11.3 Å². The summed E-state index contributed by atoms with van der Waals surface area (Å²) in [7, 11) is 0. The van der Waals surface area contributed by atoms with Gasteiger partial charge in [-0.15, -0.1) is 0 Å². The van der Waals surface area contributed by atoms with Gasteiger partial charge in [-0.3, -0.25) is 14.4 Å². The van der Waals surface area contributed by atoms with Gasteiger partial charge in [0.2, 0.25) is 5.91 Å². The van der Waals surface area contributed by atoms with Crippen LogP contribution in [-0.2, 0) is 19.2 Å². The quantitative estimate of drug-likeness (QED) is 0.441.